The molecule has 170 valence electrons. The quantitative estimate of drug-likeness (QED) is 0.561. The van der Waals surface area contributed by atoms with E-state index >= 15 is 0 Å². The van der Waals surface area contributed by atoms with Crippen LogP contribution in [0.1, 0.15) is 24.8 Å². The molecule has 4 N–H and O–H groups in total. The first kappa shape index (κ1) is 22.9. The molecule has 9 heteroatoms. The molecule has 0 spiro atoms. The number of hydrogen-bond acceptors (Lipinski definition) is 6. The summed E-state index contributed by atoms with van der Waals surface area (Å²) >= 11 is 0. The third kappa shape index (κ3) is 7.50. The van der Waals surface area contributed by atoms with Gasteiger partial charge >= 0.3 is 18.3 Å². The number of para-hydroxylation sites is 1. The van der Waals surface area contributed by atoms with E-state index in [0.29, 0.717) is 24.9 Å². The van der Waals surface area contributed by atoms with Crippen molar-refractivity contribution in [3.05, 3.63) is 66.2 Å². The number of carbonyl (C=O) groups excluding carboxylic acids is 3. The van der Waals surface area contributed by atoms with Crippen molar-refractivity contribution in [3.63, 3.8) is 0 Å². The predicted molar refractivity (Wildman–Crippen MR) is 117 cm³/mol. The number of primary amides is 1. The van der Waals surface area contributed by atoms with Crippen LogP contribution in [0.25, 0.3) is 0 Å². The van der Waals surface area contributed by atoms with E-state index in [1.165, 1.54) is 0 Å². The summed E-state index contributed by atoms with van der Waals surface area (Å²) < 4.78 is 15.8. The smallest absolute Gasteiger partial charge is 0.411 e. The Morgan fingerprint density at radius 2 is 1.59 bits per heavy atom. The predicted octanol–water partition coefficient (Wildman–Crippen LogP) is 3.79. The van der Waals surface area contributed by atoms with Gasteiger partial charge in [0.1, 0.15) is 12.7 Å². The number of rotatable bonds is 7. The van der Waals surface area contributed by atoms with Gasteiger partial charge in [-0.05, 0) is 37.0 Å². The number of ether oxygens (including phenoxy) is 3. The molecule has 3 unspecified atom stereocenters. The van der Waals surface area contributed by atoms with E-state index in [1.807, 2.05) is 36.4 Å². The topological polar surface area (TPSA) is 129 Å². The van der Waals surface area contributed by atoms with E-state index in [0.717, 1.165) is 5.56 Å². The molecule has 2 aromatic rings. The van der Waals surface area contributed by atoms with Crippen molar-refractivity contribution < 1.29 is 28.6 Å². The molecule has 1 aliphatic carbocycles. The van der Waals surface area contributed by atoms with Gasteiger partial charge in [0.05, 0.1) is 6.61 Å². The van der Waals surface area contributed by atoms with Gasteiger partial charge in [0, 0.05) is 17.6 Å². The molecule has 3 amide bonds. The van der Waals surface area contributed by atoms with Gasteiger partial charge in [-0.1, -0.05) is 48.5 Å². The largest absolute Gasteiger partial charge is 0.449 e. The maximum Gasteiger partial charge on any atom is 0.411 e. The first-order chi connectivity index (χ1) is 15.5. The molecule has 0 heterocycles. The van der Waals surface area contributed by atoms with Gasteiger partial charge in [0.25, 0.3) is 0 Å². The van der Waals surface area contributed by atoms with Gasteiger partial charge in [-0.2, -0.15) is 0 Å². The van der Waals surface area contributed by atoms with Crippen molar-refractivity contribution in [3.8, 4) is 0 Å². The van der Waals surface area contributed by atoms with E-state index in [2.05, 4.69) is 10.6 Å². The molecular weight excluding hydrogens is 414 g/mol. The molecule has 9 nitrogen and oxygen atoms in total. The van der Waals surface area contributed by atoms with Crippen LogP contribution < -0.4 is 16.4 Å². The zero-order valence-electron chi connectivity index (χ0n) is 17.6. The van der Waals surface area contributed by atoms with E-state index in [9.17, 15) is 14.4 Å². The Morgan fingerprint density at radius 1 is 0.906 bits per heavy atom. The van der Waals surface area contributed by atoms with Crippen LogP contribution in [0.5, 0.6) is 0 Å². The summed E-state index contributed by atoms with van der Waals surface area (Å²) in [5.74, 6) is -0.279. The van der Waals surface area contributed by atoms with E-state index < -0.39 is 24.4 Å². The minimum Gasteiger partial charge on any atom is -0.449 e. The number of nitrogens with two attached hydrogens (primary N) is 1. The minimum atomic E-state index is -0.856. The highest BCUT2D eigenvalue weighted by Crippen LogP contribution is 2.28. The number of alkyl carbamates (subject to hydrolysis) is 1. The average Bonchev–Trinajstić information content (AvgIpc) is 2.79. The molecule has 1 aliphatic rings. The molecule has 0 aromatic heterocycles. The highest BCUT2D eigenvalue weighted by Gasteiger charge is 2.34. The average molecular weight is 441 g/mol. The van der Waals surface area contributed by atoms with Gasteiger partial charge in [-0.3, -0.25) is 5.32 Å². The second-order valence-electron chi connectivity index (χ2n) is 7.53. The number of hydrogen-bond donors (Lipinski definition) is 3. The maximum absolute atomic E-state index is 12.3. The van der Waals surface area contributed by atoms with Crippen LogP contribution in [0, 0.1) is 5.92 Å². The molecule has 3 atom stereocenters. The van der Waals surface area contributed by atoms with Gasteiger partial charge in [0.2, 0.25) is 0 Å². The fraction of sp³-hybridized carbons (Fsp3) is 0.348. The number of benzene rings is 2. The molecular formula is C23H27N3O6. The first-order valence-electron chi connectivity index (χ1n) is 10.4. The fourth-order valence-electron chi connectivity index (χ4n) is 3.64. The van der Waals surface area contributed by atoms with Crippen LogP contribution >= 0.6 is 0 Å². The normalized spacial score (nSPS) is 19.9. The summed E-state index contributed by atoms with van der Waals surface area (Å²) in [4.78, 5) is 35.6. The SMILES string of the molecule is NC(=O)OC1CCC(NC(=O)OCc2ccccc2)C(COC(=O)Nc2ccccc2)C1. The molecule has 0 saturated heterocycles. The van der Waals surface area contributed by atoms with Crippen molar-refractivity contribution in [2.45, 2.75) is 38.0 Å². The summed E-state index contributed by atoms with van der Waals surface area (Å²) in [6.45, 7) is 0.175. The molecule has 1 fully saturated rings. The highest BCUT2D eigenvalue weighted by atomic mass is 16.6. The Hall–Kier alpha value is -3.75. The molecule has 0 aliphatic heterocycles. The standard InChI is InChI=1S/C23H27N3O6/c24-21(27)32-19-11-12-20(26-23(29)30-14-16-7-3-1-4-8-16)17(13-19)15-31-22(28)25-18-9-5-2-6-10-18/h1-10,17,19-20H,11-15H2,(H2,24,27)(H,25,28)(H,26,29). The lowest BCUT2D eigenvalue weighted by Gasteiger charge is -2.35. The number of amides is 3. The maximum atomic E-state index is 12.3. The lowest BCUT2D eigenvalue weighted by Crippen LogP contribution is -2.47. The van der Waals surface area contributed by atoms with Crippen LogP contribution in [0.3, 0.4) is 0 Å². The fourth-order valence-corrected chi connectivity index (χ4v) is 3.64. The third-order valence-electron chi connectivity index (χ3n) is 5.18. The van der Waals surface area contributed by atoms with Gasteiger partial charge < -0.3 is 25.3 Å². The Labute approximate surface area is 186 Å². The minimum absolute atomic E-state index is 0.0287. The van der Waals surface area contributed by atoms with E-state index in [4.69, 9.17) is 19.9 Å². The lowest BCUT2D eigenvalue weighted by molar-refractivity contribution is 0.0311. The lowest BCUT2D eigenvalue weighted by atomic mass is 9.83. The Morgan fingerprint density at radius 3 is 2.28 bits per heavy atom. The number of nitrogens with one attached hydrogen (secondary N) is 2. The zero-order valence-corrected chi connectivity index (χ0v) is 17.6. The Kier molecular flexibility index (Phi) is 8.30. The van der Waals surface area contributed by atoms with Crippen LogP contribution in [-0.2, 0) is 20.8 Å². The number of carbonyl (C=O) groups is 3. The van der Waals surface area contributed by atoms with Gasteiger partial charge in [-0.25, -0.2) is 14.4 Å². The monoisotopic (exact) mass is 441 g/mol. The van der Waals surface area contributed by atoms with E-state index in [1.54, 1.807) is 24.3 Å². The molecule has 2 aromatic carbocycles. The molecule has 3 rings (SSSR count). The van der Waals surface area contributed by atoms with Crippen molar-refractivity contribution in [2.24, 2.45) is 11.7 Å². The highest BCUT2D eigenvalue weighted by molar-refractivity contribution is 5.84. The molecule has 0 bridgehead atoms. The number of anilines is 1. The molecule has 32 heavy (non-hydrogen) atoms. The Balaban J connectivity index is 1.54. The Bertz CT molecular complexity index is 893. The summed E-state index contributed by atoms with van der Waals surface area (Å²) in [5, 5.41) is 5.48. The van der Waals surface area contributed by atoms with Crippen molar-refractivity contribution >= 4 is 24.0 Å². The van der Waals surface area contributed by atoms with Gasteiger partial charge in [-0.15, -0.1) is 0 Å². The summed E-state index contributed by atoms with van der Waals surface area (Å²) in [6, 6.07) is 17.9. The molecule has 0 radical (unpaired) electrons. The van der Waals surface area contributed by atoms with Gasteiger partial charge in [0.15, 0.2) is 0 Å². The second-order valence-corrected chi connectivity index (χ2v) is 7.53. The van der Waals surface area contributed by atoms with Crippen LogP contribution in [0.4, 0.5) is 20.1 Å². The van der Waals surface area contributed by atoms with Crippen LogP contribution in [0.15, 0.2) is 60.7 Å². The summed E-state index contributed by atoms with van der Waals surface area (Å²) in [6.07, 6.45) is -0.995. The van der Waals surface area contributed by atoms with E-state index in [-0.39, 0.29) is 25.2 Å². The zero-order chi connectivity index (χ0) is 22.8. The first-order valence-corrected chi connectivity index (χ1v) is 10.4. The molecule has 1 saturated carbocycles. The second kappa shape index (κ2) is 11.6. The summed E-state index contributed by atoms with van der Waals surface area (Å²) in [5.41, 5.74) is 6.62. The van der Waals surface area contributed by atoms with Crippen LogP contribution in [0.2, 0.25) is 0 Å². The van der Waals surface area contributed by atoms with Crippen molar-refractivity contribution in [1.82, 2.24) is 5.32 Å². The van der Waals surface area contributed by atoms with Crippen LogP contribution in [-0.4, -0.2) is 37.0 Å². The third-order valence-corrected chi connectivity index (χ3v) is 5.18. The van der Waals surface area contributed by atoms with Crippen molar-refractivity contribution in [1.29, 1.82) is 0 Å². The summed E-state index contributed by atoms with van der Waals surface area (Å²) in [7, 11) is 0. The van der Waals surface area contributed by atoms with Crippen molar-refractivity contribution in [2.75, 3.05) is 11.9 Å².